The molecular weight excluding hydrogens is 342 g/mol. The number of aryl methyl sites for hydroxylation is 1. The van der Waals surface area contributed by atoms with Gasteiger partial charge in [-0.1, -0.05) is 6.07 Å². The van der Waals surface area contributed by atoms with Crippen LogP contribution in [0.25, 0.3) is 5.69 Å². The Bertz CT molecular complexity index is 959. The van der Waals surface area contributed by atoms with Crippen LogP contribution < -0.4 is 14.9 Å². The van der Waals surface area contributed by atoms with Crippen molar-refractivity contribution < 1.29 is 14.3 Å². The SMILES string of the molecule is COc1ccc(-n2ccc(/C=N\NC(=O)c3ccc(C)cc3OC)c2)cc1. The van der Waals surface area contributed by atoms with Crippen LogP contribution in [0.1, 0.15) is 21.5 Å². The molecule has 1 heterocycles. The molecule has 0 atom stereocenters. The van der Waals surface area contributed by atoms with Crippen molar-refractivity contribution >= 4 is 12.1 Å². The summed E-state index contributed by atoms with van der Waals surface area (Å²) in [7, 11) is 3.18. The zero-order chi connectivity index (χ0) is 19.2. The van der Waals surface area contributed by atoms with Gasteiger partial charge in [0.1, 0.15) is 11.5 Å². The fraction of sp³-hybridized carbons (Fsp3) is 0.143. The lowest BCUT2D eigenvalue weighted by Gasteiger charge is -2.07. The first kappa shape index (κ1) is 18.3. The summed E-state index contributed by atoms with van der Waals surface area (Å²) in [5.41, 5.74) is 5.86. The third-order valence-electron chi connectivity index (χ3n) is 4.07. The molecule has 1 aromatic heterocycles. The van der Waals surface area contributed by atoms with Crippen molar-refractivity contribution in [2.75, 3.05) is 14.2 Å². The van der Waals surface area contributed by atoms with Crippen LogP contribution in [0.2, 0.25) is 0 Å². The van der Waals surface area contributed by atoms with Crippen LogP contribution in [0.3, 0.4) is 0 Å². The third kappa shape index (κ3) is 4.36. The van der Waals surface area contributed by atoms with Gasteiger partial charge in [0.2, 0.25) is 0 Å². The Balaban J connectivity index is 1.66. The van der Waals surface area contributed by atoms with Gasteiger partial charge in [-0.25, -0.2) is 5.43 Å². The van der Waals surface area contributed by atoms with E-state index < -0.39 is 0 Å². The van der Waals surface area contributed by atoms with Gasteiger partial charge < -0.3 is 14.0 Å². The molecule has 0 saturated carbocycles. The quantitative estimate of drug-likeness (QED) is 0.538. The molecule has 0 radical (unpaired) electrons. The maximum Gasteiger partial charge on any atom is 0.275 e. The highest BCUT2D eigenvalue weighted by Gasteiger charge is 2.11. The number of amides is 1. The monoisotopic (exact) mass is 363 g/mol. The van der Waals surface area contributed by atoms with Gasteiger partial charge in [0.05, 0.1) is 26.0 Å². The standard InChI is InChI=1S/C21H21N3O3/c1-15-4-9-19(20(12-15)27-3)21(25)23-22-13-16-10-11-24(14-16)17-5-7-18(26-2)8-6-17/h4-14H,1-3H3,(H,23,25)/b22-13-. The number of methoxy groups -OCH3 is 2. The molecule has 0 aliphatic carbocycles. The highest BCUT2D eigenvalue weighted by Crippen LogP contribution is 2.19. The lowest BCUT2D eigenvalue weighted by molar-refractivity contribution is 0.0952. The Morgan fingerprint density at radius 2 is 1.85 bits per heavy atom. The molecule has 2 aromatic carbocycles. The largest absolute Gasteiger partial charge is 0.497 e. The van der Waals surface area contributed by atoms with Gasteiger partial charge in [-0.15, -0.1) is 0 Å². The number of benzene rings is 2. The van der Waals surface area contributed by atoms with Crippen LogP contribution in [0.15, 0.2) is 66.0 Å². The summed E-state index contributed by atoms with van der Waals surface area (Å²) in [5.74, 6) is 1.01. The molecule has 0 unspecified atom stereocenters. The van der Waals surface area contributed by atoms with Crippen molar-refractivity contribution in [3.8, 4) is 17.2 Å². The lowest BCUT2D eigenvalue weighted by Crippen LogP contribution is -2.18. The van der Waals surface area contributed by atoms with Gasteiger partial charge in [0, 0.05) is 23.6 Å². The molecule has 138 valence electrons. The molecule has 1 N–H and O–H groups in total. The number of aromatic nitrogens is 1. The molecule has 27 heavy (non-hydrogen) atoms. The predicted molar refractivity (Wildman–Crippen MR) is 105 cm³/mol. The normalized spacial score (nSPS) is 10.8. The van der Waals surface area contributed by atoms with E-state index in [9.17, 15) is 4.79 Å². The van der Waals surface area contributed by atoms with E-state index in [1.165, 1.54) is 7.11 Å². The first-order chi connectivity index (χ1) is 13.1. The van der Waals surface area contributed by atoms with E-state index in [-0.39, 0.29) is 5.91 Å². The molecule has 3 aromatic rings. The van der Waals surface area contributed by atoms with Crippen LogP contribution in [0.5, 0.6) is 11.5 Å². The van der Waals surface area contributed by atoms with Crippen molar-refractivity contribution in [2.24, 2.45) is 5.10 Å². The summed E-state index contributed by atoms with van der Waals surface area (Å²) < 4.78 is 12.4. The summed E-state index contributed by atoms with van der Waals surface area (Å²) in [6.45, 7) is 1.94. The number of rotatable bonds is 6. The van der Waals surface area contributed by atoms with Crippen LogP contribution in [0.4, 0.5) is 0 Å². The lowest BCUT2D eigenvalue weighted by atomic mass is 10.1. The maximum atomic E-state index is 12.3. The summed E-state index contributed by atoms with van der Waals surface area (Å²) >= 11 is 0. The smallest absolute Gasteiger partial charge is 0.275 e. The van der Waals surface area contributed by atoms with Crippen LogP contribution in [-0.2, 0) is 0 Å². The Hall–Kier alpha value is -3.54. The van der Waals surface area contributed by atoms with Crippen LogP contribution in [0, 0.1) is 6.92 Å². The summed E-state index contributed by atoms with van der Waals surface area (Å²) in [5, 5.41) is 4.04. The molecule has 0 aliphatic rings. The van der Waals surface area contributed by atoms with Crippen molar-refractivity contribution in [2.45, 2.75) is 6.92 Å². The maximum absolute atomic E-state index is 12.3. The van der Waals surface area contributed by atoms with E-state index in [2.05, 4.69) is 10.5 Å². The second-order valence-electron chi connectivity index (χ2n) is 5.95. The zero-order valence-corrected chi connectivity index (χ0v) is 15.5. The number of nitrogens with one attached hydrogen (secondary N) is 1. The molecule has 1 amide bonds. The zero-order valence-electron chi connectivity index (χ0n) is 15.5. The van der Waals surface area contributed by atoms with Gasteiger partial charge in [0.25, 0.3) is 5.91 Å². The summed E-state index contributed by atoms with van der Waals surface area (Å²) in [4.78, 5) is 12.3. The van der Waals surface area contributed by atoms with Gasteiger partial charge in [-0.2, -0.15) is 5.10 Å². The Morgan fingerprint density at radius 1 is 1.07 bits per heavy atom. The number of hydrogen-bond acceptors (Lipinski definition) is 4. The average molecular weight is 363 g/mol. The van der Waals surface area contributed by atoms with E-state index in [1.54, 1.807) is 19.4 Å². The molecular formula is C21H21N3O3. The second-order valence-corrected chi connectivity index (χ2v) is 5.95. The molecule has 6 nitrogen and oxygen atoms in total. The van der Waals surface area contributed by atoms with Crippen LogP contribution in [-0.4, -0.2) is 30.9 Å². The topological polar surface area (TPSA) is 64.8 Å². The van der Waals surface area contributed by atoms with Gasteiger partial charge in [0.15, 0.2) is 0 Å². The van der Waals surface area contributed by atoms with E-state index >= 15 is 0 Å². The molecule has 6 heteroatoms. The number of carbonyl (C=O) groups is 1. The number of nitrogens with zero attached hydrogens (tertiary/aromatic N) is 2. The minimum absolute atomic E-state index is 0.322. The molecule has 0 bridgehead atoms. The number of ether oxygens (including phenoxy) is 2. The fourth-order valence-electron chi connectivity index (χ4n) is 2.62. The first-order valence-corrected chi connectivity index (χ1v) is 8.41. The first-order valence-electron chi connectivity index (χ1n) is 8.41. The van der Waals surface area contributed by atoms with Crippen molar-refractivity contribution in [3.05, 3.63) is 77.6 Å². The Labute approximate surface area is 158 Å². The molecule has 0 fully saturated rings. The highest BCUT2D eigenvalue weighted by molar-refractivity contribution is 5.97. The van der Waals surface area contributed by atoms with Gasteiger partial charge in [-0.3, -0.25) is 4.79 Å². The average Bonchev–Trinajstić information content (AvgIpc) is 3.16. The molecule has 0 spiro atoms. The number of hydrazone groups is 1. The van der Waals surface area contributed by atoms with E-state index in [0.717, 1.165) is 22.6 Å². The van der Waals surface area contributed by atoms with E-state index in [0.29, 0.717) is 11.3 Å². The minimum Gasteiger partial charge on any atom is -0.497 e. The molecule has 0 aliphatic heterocycles. The Morgan fingerprint density at radius 3 is 2.56 bits per heavy atom. The van der Waals surface area contributed by atoms with Crippen LogP contribution >= 0.6 is 0 Å². The fourth-order valence-corrected chi connectivity index (χ4v) is 2.62. The molecule has 3 rings (SSSR count). The second kappa shape index (κ2) is 8.23. The highest BCUT2D eigenvalue weighted by atomic mass is 16.5. The minimum atomic E-state index is -0.322. The number of carbonyl (C=O) groups excluding carboxylic acids is 1. The predicted octanol–water partition coefficient (Wildman–Crippen LogP) is 3.57. The van der Waals surface area contributed by atoms with Crippen molar-refractivity contribution in [1.29, 1.82) is 0 Å². The van der Waals surface area contributed by atoms with E-state index in [1.807, 2.05) is 66.3 Å². The van der Waals surface area contributed by atoms with E-state index in [4.69, 9.17) is 9.47 Å². The molecule has 0 saturated heterocycles. The third-order valence-corrected chi connectivity index (χ3v) is 4.07. The van der Waals surface area contributed by atoms with Gasteiger partial charge in [-0.05, 0) is 55.0 Å². The summed E-state index contributed by atoms with van der Waals surface area (Å²) in [6.07, 6.45) is 5.44. The van der Waals surface area contributed by atoms with Gasteiger partial charge >= 0.3 is 0 Å². The van der Waals surface area contributed by atoms with Crippen molar-refractivity contribution in [1.82, 2.24) is 9.99 Å². The van der Waals surface area contributed by atoms with Crippen molar-refractivity contribution in [3.63, 3.8) is 0 Å². The number of hydrogen-bond donors (Lipinski definition) is 1. The Kier molecular flexibility index (Phi) is 5.56. The summed E-state index contributed by atoms with van der Waals surface area (Å²) in [6, 6.07) is 15.0.